The van der Waals surface area contributed by atoms with Gasteiger partial charge in [0.05, 0.1) is 25.2 Å². The van der Waals surface area contributed by atoms with E-state index < -0.39 is 40.4 Å². The molecule has 0 saturated carbocycles. The van der Waals surface area contributed by atoms with Gasteiger partial charge in [-0.05, 0) is 32.3 Å². The number of carbonyl (C=O) groups excluding carboxylic acids is 3. The first-order valence-electron chi connectivity index (χ1n) is 9.79. The highest BCUT2D eigenvalue weighted by Gasteiger charge is 2.52. The van der Waals surface area contributed by atoms with Crippen molar-refractivity contribution in [1.29, 1.82) is 0 Å². The first-order valence-corrected chi connectivity index (χ1v) is 9.79. The number of urea groups is 1. The standard InChI is InChI=1S/C10H8N2O7.C9H16N2/c1-3-2-4(13)5(6(14)19-3)10(18)7(15)11-9(17)12-8(10)16;1-2-5-9-10-6-4-8-11(9)7-3-1/h2,13,18H,1H3,(H2,11,12,15,16,17);1-8H2. The third-order valence-corrected chi connectivity index (χ3v) is 5.17. The highest BCUT2D eigenvalue weighted by Crippen LogP contribution is 2.27. The number of hydrogen-bond donors (Lipinski definition) is 4. The van der Waals surface area contributed by atoms with Crippen molar-refractivity contribution in [1.82, 2.24) is 16.0 Å². The number of nitrogens with zero attached hydrogens (tertiary/aromatic N) is 1. The van der Waals surface area contributed by atoms with Gasteiger partial charge in [-0.25, -0.2) is 9.59 Å². The zero-order valence-corrected chi connectivity index (χ0v) is 16.6. The fourth-order valence-electron chi connectivity index (χ4n) is 3.67. The summed E-state index contributed by atoms with van der Waals surface area (Å²) in [5, 5.41) is 28.4. The van der Waals surface area contributed by atoms with Gasteiger partial charge in [0.2, 0.25) is 5.84 Å². The lowest BCUT2D eigenvalue weighted by atomic mass is 9.91. The summed E-state index contributed by atoms with van der Waals surface area (Å²) < 4.78 is 7.11. The fraction of sp³-hybridized carbons (Fsp3) is 0.526. The Hall–Kier alpha value is -3.21. The summed E-state index contributed by atoms with van der Waals surface area (Å²) in [4.78, 5) is 45.6. The van der Waals surface area contributed by atoms with Crippen molar-refractivity contribution in [2.24, 2.45) is 0 Å². The molecule has 0 aliphatic carbocycles. The molecule has 11 heteroatoms. The van der Waals surface area contributed by atoms with Gasteiger partial charge >= 0.3 is 11.7 Å². The lowest BCUT2D eigenvalue weighted by molar-refractivity contribution is -0.534. The first-order chi connectivity index (χ1) is 14.2. The van der Waals surface area contributed by atoms with Gasteiger partial charge in [0.25, 0.3) is 17.4 Å². The van der Waals surface area contributed by atoms with E-state index in [2.05, 4.69) is 14.3 Å². The Morgan fingerprint density at radius 2 is 1.73 bits per heavy atom. The number of aryl methyl sites for hydroxylation is 1. The second kappa shape index (κ2) is 8.66. The molecule has 162 valence electrons. The van der Waals surface area contributed by atoms with Crippen LogP contribution in [0, 0.1) is 6.92 Å². The number of amidine groups is 1. The summed E-state index contributed by atoms with van der Waals surface area (Å²) in [6, 6.07) is -0.324. The van der Waals surface area contributed by atoms with Gasteiger partial charge in [-0.1, -0.05) is 5.75 Å². The minimum Gasteiger partial charge on any atom is -0.872 e. The number of amides is 4. The maximum absolute atomic E-state index is 11.7. The monoisotopic (exact) mass is 420 g/mol. The van der Waals surface area contributed by atoms with Crippen LogP contribution in [0.15, 0.2) is 15.3 Å². The molecule has 4 rings (SSSR count). The Balaban J connectivity index is 0.000000196. The van der Waals surface area contributed by atoms with Crippen LogP contribution in [-0.4, -0.2) is 53.0 Å². The number of aliphatic hydroxyl groups is 1. The van der Waals surface area contributed by atoms with Gasteiger partial charge in [0.1, 0.15) is 5.76 Å². The minimum absolute atomic E-state index is 0.0462. The Morgan fingerprint density at radius 3 is 2.40 bits per heavy atom. The van der Waals surface area contributed by atoms with Crippen LogP contribution < -0.4 is 26.7 Å². The van der Waals surface area contributed by atoms with E-state index in [9.17, 15) is 29.4 Å². The molecule has 4 amide bonds. The zero-order valence-electron chi connectivity index (χ0n) is 16.6. The third-order valence-electron chi connectivity index (χ3n) is 5.17. The molecule has 0 unspecified atom stereocenters. The van der Waals surface area contributed by atoms with E-state index in [1.807, 2.05) is 0 Å². The average Bonchev–Trinajstić information content (AvgIpc) is 2.91. The number of barbiturate groups is 1. The minimum atomic E-state index is -3.10. The highest BCUT2D eigenvalue weighted by atomic mass is 16.4. The summed E-state index contributed by atoms with van der Waals surface area (Å²) in [5.41, 5.74) is -5.49. The molecule has 0 aromatic carbocycles. The smallest absolute Gasteiger partial charge is 0.342 e. The van der Waals surface area contributed by atoms with E-state index in [4.69, 9.17) is 0 Å². The van der Waals surface area contributed by atoms with E-state index >= 15 is 0 Å². The molecule has 0 atom stereocenters. The number of carbonyl (C=O) groups is 3. The van der Waals surface area contributed by atoms with Gasteiger partial charge in [-0.2, -0.15) is 0 Å². The second-order valence-electron chi connectivity index (χ2n) is 7.36. The largest absolute Gasteiger partial charge is 0.872 e. The lowest BCUT2D eigenvalue weighted by Crippen LogP contribution is -2.65. The molecule has 1 fully saturated rings. The Bertz CT molecular complexity index is 928. The maximum Gasteiger partial charge on any atom is 0.342 e. The predicted octanol–water partition coefficient (Wildman–Crippen LogP) is -1.46. The van der Waals surface area contributed by atoms with E-state index in [1.54, 1.807) is 10.6 Å². The van der Waals surface area contributed by atoms with Crippen LogP contribution in [0.1, 0.15) is 43.4 Å². The quantitative estimate of drug-likeness (QED) is 0.316. The normalized spacial score (nSPS) is 20.7. The molecular weight excluding hydrogens is 396 g/mol. The topological polar surface area (TPSA) is 164 Å². The van der Waals surface area contributed by atoms with Crippen LogP contribution in [0.5, 0.6) is 5.75 Å². The van der Waals surface area contributed by atoms with Crippen molar-refractivity contribution in [2.45, 2.75) is 44.6 Å². The van der Waals surface area contributed by atoms with Crippen molar-refractivity contribution in [3.05, 3.63) is 27.8 Å². The molecule has 0 spiro atoms. The summed E-state index contributed by atoms with van der Waals surface area (Å²) in [6.07, 6.45) is 6.81. The molecule has 30 heavy (non-hydrogen) atoms. The van der Waals surface area contributed by atoms with E-state index in [1.165, 1.54) is 64.5 Å². The van der Waals surface area contributed by atoms with Gasteiger partial charge in [-0.15, -0.1) is 0 Å². The van der Waals surface area contributed by atoms with E-state index in [0.717, 1.165) is 6.07 Å². The van der Waals surface area contributed by atoms with E-state index in [-0.39, 0.29) is 5.76 Å². The summed E-state index contributed by atoms with van der Waals surface area (Å²) in [7, 11) is 0. The molecule has 1 saturated heterocycles. The molecule has 3 aliphatic rings. The summed E-state index contributed by atoms with van der Waals surface area (Å²) in [6.45, 7) is 5.09. The molecule has 0 bridgehead atoms. The Labute approximate surface area is 171 Å². The van der Waals surface area contributed by atoms with Crippen molar-refractivity contribution in [3.8, 4) is 5.75 Å². The van der Waals surface area contributed by atoms with Gasteiger partial charge in [0, 0.05) is 12.8 Å². The van der Waals surface area contributed by atoms with Crippen LogP contribution in [0.3, 0.4) is 0 Å². The second-order valence-corrected chi connectivity index (χ2v) is 7.36. The number of hydrogen-bond acceptors (Lipinski definition) is 8. The van der Waals surface area contributed by atoms with Crippen LogP contribution in [0.2, 0.25) is 0 Å². The molecule has 0 radical (unpaired) electrons. The Morgan fingerprint density at radius 1 is 1.07 bits per heavy atom. The van der Waals surface area contributed by atoms with Gasteiger partial charge < -0.3 is 14.6 Å². The van der Waals surface area contributed by atoms with E-state index in [0.29, 0.717) is 0 Å². The molecule has 4 heterocycles. The lowest BCUT2D eigenvalue weighted by Gasteiger charge is -2.30. The molecule has 3 aliphatic heterocycles. The van der Waals surface area contributed by atoms with Crippen LogP contribution in [0.4, 0.5) is 4.79 Å². The number of nitrogens with one attached hydrogen (secondary N) is 3. The third kappa shape index (κ3) is 4.20. The van der Waals surface area contributed by atoms with Crippen molar-refractivity contribution < 1.29 is 33.6 Å². The molecule has 4 N–H and O–H groups in total. The van der Waals surface area contributed by atoms with Crippen molar-refractivity contribution in [3.63, 3.8) is 0 Å². The molecule has 11 nitrogen and oxygen atoms in total. The predicted molar refractivity (Wildman–Crippen MR) is 101 cm³/mol. The highest BCUT2D eigenvalue weighted by molar-refractivity contribution is 6.21. The first kappa shape index (κ1) is 21.5. The Kier molecular flexibility index (Phi) is 6.20. The molecular formula is C19H24N4O7. The zero-order chi connectivity index (χ0) is 21.9. The van der Waals surface area contributed by atoms with Crippen LogP contribution >= 0.6 is 0 Å². The molecule has 1 aromatic heterocycles. The number of imide groups is 2. The maximum atomic E-state index is 11.7. The van der Waals surface area contributed by atoms with Gasteiger partial charge in [-0.3, -0.25) is 30.1 Å². The van der Waals surface area contributed by atoms with Crippen molar-refractivity contribution in [2.75, 3.05) is 19.6 Å². The summed E-state index contributed by atoms with van der Waals surface area (Å²) >= 11 is 0. The van der Waals surface area contributed by atoms with Crippen LogP contribution in [-0.2, 0) is 15.2 Å². The molecule has 1 aromatic rings. The van der Waals surface area contributed by atoms with Gasteiger partial charge in [0.15, 0.2) is 0 Å². The average molecular weight is 420 g/mol. The number of rotatable bonds is 1. The van der Waals surface area contributed by atoms with Crippen molar-refractivity contribution >= 4 is 23.7 Å². The fourth-order valence-corrected chi connectivity index (χ4v) is 3.67. The SMILES string of the molecule is C1CCC2=[N+](CC1)CCCN2.Cc1cc([O-])c(C2(O)C(=O)NC(=O)NC2=O)c(=O)o1. The summed E-state index contributed by atoms with van der Waals surface area (Å²) in [5.74, 6) is -2.55. The van der Waals surface area contributed by atoms with Crippen LogP contribution in [0.25, 0.3) is 0 Å².